The van der Waals surface area contributed by atoms with Gasteiger partial charge in [-0.3, -0.25) is 4.99 Å². The van der Waals surface area contributed by atoms with Crippen molar-refractivity contribution in [3.63, 3.8) is 0 Å². The zero-order chi connectivity index (χ0) is 19.9. The molecule has 0 heterocycles. The van der Waals surface area contributed by atoms with Crippen LogP contribution in [0.25, 0.3) is 0 Å². The molecule has 3 aromatic rings. The Bertz CT molecular complexity index is 972. The van der Waals surface area contributed by atoms with Gasteiger partial charge in [-0.25, -0.2) is 0 Å². The lowest BCUT2D eigenvalue weighted by atomic mass is 10.2. The van der Waals surface area contributed by atoms with Crippen molar-refractivity contribution in [1.29, 1.82) is 0 Å². The van der Waals surface area contributed by atoms with E-state index in [1.165, 1.54) is 0 Å². The average Bonchev–Trinajstić information content (AvgIpc) is 2.68. The number of aliphatic imine (C=N–C) groups is 1. The molecule has 3 rings (SSSR count). The molecule has 0 saturated heterocycles. The summed E-state index contributed by atoms with van der Waals surface area (Å²) in [7, 11) is 0. The Hall–Kier alpha value is -2.20. The van der Waals surface area contributed by atoms with Gasteiger partial charge in [0.05, 0.1) is 17.3 Å². The Labute approximate surface area is 179 Å². The average molecular weight is 435 g/mol. The van der Waals surface area contributed by atoms with Crippen molar-refractivity contribution in [2.24, 2.45) is 4.99 Å². The molecule has 0 aliphatic carbocycles. The zero-order valence-electron chi connectivity index (χ0n) is 15.2. The summed E-state index contributed by atoms with van der Waals surface area (Å²) in [6.07, 6.45) is 1.75. The minimum atomic E-state index is 0.301. The highest BCUT2D eigenvalue weighted by atomic mass is 35.5. The molecule has 0 spiro atoms. The van der Waals surface area contributed by atoms with Crippen molar-refractivity contribution in [2.45, 2.75) is 13.5 Å². The molecule has 6 heteroatoms. The lowest BCUT2D eigenvalue weighted by Crippen LogP contribution is -1.97. The van der Waals surface area contributed by atoms with Gasteiger partial charge in [0.25, 0.3) is 0 Å². The fraction of sp³-hybridized carbons (Fsp3) is 0.136. The second-order valence-corrected chi connectivity index (χ2v) is 7.15. The normalized spacial score (nSPS) is 11.0. The van der Waals surface area contributed by atoms with Crippen LogP contribution in [0.15, 0.2) is 65.7 Å². The first kappa shape index (κ1) is 20.5. The van der Waals surface area contributed by atoms with E-state index in [1.54, 1.807) is 24.4 Å². The highest BCUT2D eigenvalue weighted by Gasteiger charge is 2.06. The molecule has 0 aliphatic rings. The number of halogens is 3. The van der Waals surface area contributed by atoms with E-state index < -0.39 is 0 Å². The van der Waals surface area contributed by atoms with Crippen molar-refractivity contribution >= 4 is 46.7 Å². The van der Waals surface area contributed by atoms with Crippen LogP contribution < -0.4 is 9.47 Å². The van der Waals surface area contributed by atoms with E-state index in [0.717, 1.165) is 22.6 Å². The van der Waals surface area contributed by atoms with Crippen LogP contribution in [0.1, 0.15) is 18.1 Å². The van der Waals surface area contributed by atoms with Gasteiger partial charge in [0.2, 0.25) is 0 Å². The molecular formula is C22H18Cl3NO2. The molecule has 0 aromatic heterocycles. The van der Waals surface area contributed by atoms with Crippen LogP contribution in [-0.2, 0) is 6.61 Å². The van der Waals surface area contributed by atoms with Crippen molar-refractivity contribution in [3.8, 4) is 11.5 Å². The lowest BCUT2D eigenvalue weighted by molar-refractivity contribution is 0.306. The van der Waals surface area contributed by atoms with Crippen molar-refractivity contribution in [1.82, 2.24) is 0 Å². The molecule has 0 atom stereocenters. The summed E-state index contributed by atoms with van der Waals surface area (Å²) in [6.45, 7) is 2.89. The number of rotatable bonds is 7. The predicted octanol–water partition coefficient (Wildman–Crippen LogP) is 7.38. The van der Waals surface area contributed by atoms with Gasteiger partial charge >= 0.3 is 0 Å². The van der Waals surface area contributed by atoms with E-state index >= 15 is 0 Å². The molecule has 0 N–H and O–H groups in total. The molecule has 0 radical (unpaired) electrons. The van der Waals surface area contributed by atoms with Crippen molar-refractivity contribution < 1.29 is 9.47 Å². The summed E-state index contributed by atoms with van der Waals surface area (Å²) in [5.74, 6) is 1.40. The first-order valence-corrected chi connectivity index (χ1v) is 9.82. The minimum Gasteiger partial charge on any atom is -0.494 e. The minimum absolute atomic E-state index is 0.301. The van der Waals surface area contributed by atoms with E-state index in [1.807, 2.05) is 49.4 Å². The molecule has 0 unspecified atom stereocenters. The molecule has 28 heavy (non-hydrogen) atoms. The molecule has 0 saturated carbocycles. The number of hydrogen-bond acceptors (Lipinski definition) is 3. The van der Waals surface area contributed by atoms with E-state index in [-0.39, 0.29) is 0 Å². The van der Waals surface area contributed by atoms with Gasteiger partial charge < -0.3 is 9.47 Å². The van der Waals surface area contributed by atoms with Crippen molar-refractivity contribution in [3.05, 3.63) is 86.9 Å². The lowest BCUT2D eigenvalue weighted by Gasteiger charge is -2.10. The number of benzene rings is 3. The zero-order valence-corrected chi connectivity index (χ0v) is 17.4. The Balaban J connectivity index is 1.64. The predicted molar refractivity (Wildman–Crippen MR) is 117 cm³/mol. The maximum Gasteiger partial charge on any atom is 0.138 e. The van der Waals surface area contributed by atoms with Gasteiger partial charge in [0.1, 0.15) is 18.1 Å². The smallest absolute Gasteiger partial charge is 0.138 e. The molecule has 0 amide bonds. The quantitative estimate of drug-likeness (QED) is 0.363. The van der Waals surface area contributed by atoms with E-state index in [0.29, 0.717) is 34.0 Å². The fourth-order valence-electron chi connectivity index (χ4n) is 2.45. The van der Waals surface area contributed by atoms with Gasteiger partial charge in [-0.05, 0) is 67.1 Å². The van der Waals surface area contributed by atoms with Crippen LogP contribution in [0.3, 0.4) is 0 Å². The summed E-state index contributed by atoms with van der Waals surface area (Å²) in [5, 5.41) is 1.64. The first-order valence-electron chi connectivity index (χ1n) is 8.68. The molecular weight excluding hydrogens is 417 g/mol. The molecule has 0 aliphatic heterocycles. The number of nitrogens with zero attached hydrogens (tertiary/aromatic N) is 1. The second-order valence-electron chi connectivity index (χ2n) is 5.90. The van der Waals surface area contributed by atoms with Crippen LogP contribution in [0, 0.1) is 0 Å². The van der Waals surface area contributed by atoms with Gasteiger partial charge in [-0.1, -0.05) is 40.9 Å². The largest absolute Gasteiger partial charge is 0.494 e. The monoisotopic (exact) mass is 433 g/mol. The van der Waals surface area contributed by atoms with Gasteiger partial charge in [0, 0.05) is 21.8 Å². The number of ether oxygens (including phenoxy) is 2. The Morgan fingerprint density at radius 2 is 1.64 bits per heavy atom. The summed E-state index contributed by atoms with van der Waals surface area (Å²) in [4.78, 5) is 4.45. The van der Waals surface area contributed by atoms with Crippen molar-refractivity contribution in [2.75, 3.05) is 6.61 Å². The Kier molecular flexibility index (Phi) is 7.21. The summed E-state index contributed by atoms with van der Waals surface area (Å²) >= 11 is 18.4. The molecule has 3 aromatic carbocycles. The third-order valence-corrected chi connectivity index (χ3v) is 4.75. The van der Waals surface area contributed by atoms with Crippen LogP contribution in [0.4, 0.5) is 5.69 Å². The summed E-state index contributed by atoms with van der Waals surface area (Å²) < 4.78 is 11.2. The SMILES string of the molecule is CCOc1ccc(N=Cc2ccc(OCc3ccc(Cl)cc3Cl)c(Cl)c2)cc1. The van der Waals surface area contributed by atoms with E-state index in [9.17, 15) is 0 Å². The Morgan fingerprint density at radius 3 is 2.32 bits per heavy atom. The maximum atomic E-state index is 6.34. The van der Waals surface area contributed by atoms with Crippen LogP contribution >= 0.6 is 34.8 Å². The second kappa shape index (κ2) is 9.83. The Morgan fingerprint density at radius 1 is 0.857 bits per heavy atom. The van der Waals surface area contributed by atoms with E-state index in [4.69, 9.17) is 44.3 Å². The van der Waals surface area contributed by atoms with Gasteiger partial charge in [-0.15, -0.1) is 0 Å². The highest BCUT2D eigenvalue weighted by molar-refractivity contribution is 6.35. The topological polar surface area (TPSA) is 30.8 Å². The van der Waals surface area contributed by atoms with Crippen LogP contribution in [0.2, 0.25) is 15.1 Å². The van der Waals surface area contributed by atoms with E-state index in [2.05, 4.69) is 4.99 Å². The number of hydrogen-bond donors (Lipinski definition) is 0. The maximum absolute atomic E-state index is 6.34. The molecule has 0 fully saturated rings. The van der Waals surface area contributed by atoms with Crippen LogP contribution in [0.5, 0.6) is 11.5 Å². The fourth-order valence-corrected chi connectivity index (χ4v) is 3.16. The van der Waals surface area contributed by atoms with Gasteiger partial charge in [-0.2, -0.15) is 0 Å². The highest BCUT2D eigenvalue weighted by Crippen LogP contribution is 2.28. The van der Waals surface area contributed by atoms with Crippen LogP contribution in [-0.4, -0.2) is 12.8 Å². The molecule has 144 valence electrons. The standard InChI is InChI=1S/C22H18Cl3NO2/c1-2-27-19-8-6-18(7-9-19)26-13-15-3-10-22(21(25)11-15)28-14-16-4-5-17(23)12-20(16)24/h3-13H,2,14H2,1H3. The molecule has 3 nitrogen and oxygen atoms in total. The molecule has 0 bridgehead atoms. The summed E-state index contributed by atoms with van der Waals surface area (Å²) in [5.41, 5.74) is 2.54. The van der Waals surface area contributed by atoms with Gasteiger partial charge in [0.15, 0.2) is 0 Å². The first-order chi connectivity index (χ1) is 13.5. The third kappa shape index (κ3) is 5.65. The summed E-state index contributed by atoms with van der Waals surface area (Å²) in [6, 6.07) is 18.4. The third-order valence-electron chi connectivity index (χ3n) is 3.86.